The first kappa shape index (κ1) is 15.8. The number of benzene rings is 1. The zero-order valence-electron chi connectivity index (χ0n) is 12.1. The Bertz CT molecular complexity index is 593. The van der Waals surface area contributed by atoms with Crippen molar-refractivity contribution in [1.82, 2.24) is 9.62 Å². The first-order valence-corrected chi connectivity index (χ1v) is 8.55. The minimum absolute atomic E-state index is 0.0170. The summed E-state index contributed by atoms with van der Waals surface area (Å²) in [6.45, 7) is 5.05. The molecule has 0 atom stereocenters. The molecule has 1 saturated heterocycles. The van der Waals surface area contributed by atoms with Gasteiger partial charge in [0, 0.05) is 18.6 Å². The number of nitrogens with zero attached hydrogens (tertiary/aromatic N) is 1. The van der Waals surface area contributed by atoms with Crippen molar-refractivity contribution in [3.63, 3.8) is 0 Å². The van der Waals surface area contributed by atoms with Gasteiger partial charge in [0.1, 0.15) is 4.90 Å². The maximum atomic E-state index is 12.6. The van der Waals surface area contributed by atoms with E-state index in [1.165, 1.54) is 4.31 Å². The first-order valence-electron chi connectivity index (χ1n) is 6.74. The van der Waals surface area contributed by atoms with Gasteiger partial charge in [-0.3, -0.25) is 0 Å². The number of sulfonamides is 1. The molecule has 1 fully saturated rings. The summed E-state index contributed by atoms with van der Waals surface area (Å²) in [5.41, 5.74) is 0.971. The average Bonchev–Trinajstić information content (AvgIpc) is 2.39. The molecule has 1 aliphatic heterocycles. The van der Waals surface area contributed by atoms with Crippen molar-refractivity contribution in [3.05, 3.63) is 28.8 Å². The fourth-order valence-electron chi connectivity index (χ4n) is 2.42. The molecule has 0 radical (unpaired) electrons. The second-order valence-electron chi connectivity index (χ2n) is 5.65. The molecule has 6 heteroatoms. The minimum Gasteiger partial charge on any atom is -0.314 e. The Balaban J connectivity index is 2.24. The highest BCUT2D eigenvalue weighted by atomic mass is 35.5. The molecular weight excluding hydrogens is 296 g/mol. The van der Waals surface area contributed by atoms with Gasteiger partial charge in [0.05, 0.1) is 5.02 Å². The second kappa shape index (κ2) is 5.64. The van der Waals surface area contributed by atoms with Crippen LogP contribution in [0.5, 0.6) is 0 Å². The topological polar surface area (TPSA) is 49.4 Å². The van der Waals surface area contributed by atoms with Gasteiger partial charge in [0.25, 0.3) is 0 Å². The van der Waals surface area contributed by atoms with Gasteiger partial charge < -0.3 is 5.32 Å². The van der Waals surface area contributed by atoms with Gasteiger partial charge in [-0.2, -0.15) is 4.31 Å². The number of rotatable bonds is 3. The van der Waals surface area contributed by atoms with Gasteiger partial charge in [-0.05, 0) is 51.4 Å². The molecule has 0 unspecified atom stereocenters. The Kier molecular flexibility index (Phi) is 4.44. The van der Waals surface area contributed by atoms with Crippen LogP contribution in [0.1, 0.15) is 25.3 Å². The Morgan fingerprint density at radius 3 is 2.40 bits per heavy atom. The molecule has 4 nitrogen and oxygen atoms in total. The van der Waals surface area contributed by atoms with E-state index in [1.807, 2.05) is 14.0 Å². The maximum Gasteiger partial charge on any atom is 0.244 e. The lowest BCUT2D eigenvalue weighted by Crippen LogP contribution is -2.51. The lowest BCUT2D eigenvalue weighted by atomic mass is 9.91. The summed E-state index contributed by atoms with van der Waals surface area (Å²) in [6.07, 6.45) is 1.60. The van der Waals surface area contributed by atoms with Crippen LogP contribution in [-0.2, 0) is 10.0 Å². The summed E-state index contributed by atoms with van der Waals surface area (Å²) in [5.74, 6) is 0. The zero-order chi connectivity index (χ0) is 15.0. The first-order chi connectivity index (χ1) is 9.28. The normalized spacial score (nSPS) is 20.0. The molecule has 0 amide bonds. The number of piperidine rings is 1. The largest absolute Gasteiger partial charge is 0.314 e. The number of aryl methyl sites for hydroxylation is 1. The maximum absolute atomic E-state index is 12.6. The smallest absolute Gasteiger partial charge is 0.244 e. The summed E-state index contributed by atoms with van der Waals surface area (Å²) in [6, 6.07) is 5.06. The summed E-state index contributed by atoms with van der Waals surface area (Å²) < 4.78 is 26.8. The van der Waals surface area contributed by atoms with Gasteiger partial charge in [0.2, 0.25) is 10.0 Å². The number of nitrogens with one attached hydrogen (secondary N) is 1. The van der Waals surface area contributed by atoms with E-state index in [-0.39, 0.29) is 10.4 Å². The van der Waals surface area contributed by atoms with E-state index in [0.29, 0.717) is 18.1 Å². The van der Waals surface area contributed by atoms with Crippen molar-refractivity contribution >= 4 is 21.6 Å². The molecule has 1 aromatic rings. The van der Waals surface area contributed by atoms with Crippen LogP contribution in [0.15, 0.2) is 23.1 Å². The highest BCUT2D eigenvalue weighted by Gasteiger charge is 2.35. The Morgan fingerprint density at radius 1 is 1.30 bits per heavy atom. The Labute approximate surface area is 126 Å². The third-order valence-electron chi connectivity index (χ3n) is 4.13. The van der Waals surface area contributed by atoms with Gasteiger partial charge >= 0.3 is 0 Å². The van der Waals surface area contributed by atoms with Crippen molar-refractivity contribution in [2.45, 2.75) is 37.1 Å². The summed E-state index contributed by atoms with van der Waals surface area (Å²) in [4.78, 5) is 0.206. The molecule has 0 saturated carbocycles. The Hall–Kier alpha value is -0.620. The van der Waals surface area contributed by atoms with Crippen molar-refractivity contribution in [2.24, 2.45) is 0 Å². The lowest BCUT2D eigenvalue weighted by molar-refractivity contribution is 0.219. The Morgan fingerprint density at radius 2 is 1.90 bits per heavy atom. The predicted molar refractivity (Wildman–Crippen MR) is 81.6 cm³/mol. The molecular formula is C14H21ClN2O2S. The minimum atomic E-state index is -3.49. The van der Waals surface area contributed by atoms with Crippen LogP contribution in [0.3, 0.4) is 0 Å². The second-order valence-corrected chi connectivity index (χ2v) is 7.96. The molecule has 1 heterocycles. The molecule has 112 valence electrons. The van der Waals surface area contributed by atoms with Crippen molar-refractivity contribution in [1.29, 1.82) is 0 Å². The highest BCUT2D eigenvalue weighted by molar-refractivity contribution is 7.89. The lowest BCUT2D eigenvalue weighted by Gasteiger charge is -2.38. The average molecular weight is 317 g/mol. The molecule has 1 aliphatic rings. The van der Waals surface area contributed by atoms with Gasteiger partial charge in [0.15, 0.2) is 0 Å². The van der Waals surface area contributed by atoms with E-state index in [0.717, 1.165) is 18.4 Å². The van der Waals surface area contributed by atoms with Crippen LogP contribution in [0.25, 0.3) is 0 Å². The molecule has 0 aliphatic carbocycles. The van der Waals surface area contributed by atoms with Crippen LogP contribution < -0.4 is 5.32 Å². The van der Waals surface area contributed by atoms with Crippen LogP contribution in [0.4, 0.5) is 0 Å². The van der Waals surface area contributed by atoms with Crippen LogP contribution >= 0.6 is 11.6 Å². The van der Waals surface area contributed by atoms with E-state index in [1.54, 1.807) is 18.2 Å². The molecule has 1 aromatic carbocycles. The zero-order valence-corrected chi connectivity index (χ0v) is 13.7. The van der Waals surface area contributed by atoms with Crippen molar-refractivity contribution < 1.29 is 8.42 Å². The number of hydrogen-bond acceptors (Lipinski definition) is 3. The van der Waals surface area contributed by atoms with Gasteiger partial charge in [-0.1, -0.05) is 17.7 Å². The summed E-state index contributed by atoms with van der Waals surface area (Å²) in [5, 5.41) is 3.56. The molecule has 1 N–H and O–H groups in total. The van der Waals surface area contributed by atoms with Gasteiger partial charge in [-0.25, -0.2) is 8.42 Å². The molecule has 0 aromatic heterocycles. The predicted octanol–water partition coefficient (Wildman–Crippen LogP) is 2.41. The van der Waals surface area contributed by atoms with E-state index in [2.05, 4.69) is 12.2 Å². The van der Waals surface area contributed by atoms with Crippen LogP contribution in [0.2, 0.25) is 5.02 Å². The quantitative estimate of drug-likeness (QED) is 0.931. The monoisotopic (exact) mass is 316 g/mol. The third kappa shape index (κ3) is 3.01. The fourth-order valence-corrected chi connectivity index (χ4v) is 4.44. The molecule has 0 spiro atoms. The van der Waals surface area contributed by atoms with Crippen molar-refractivity contribution in [3.8, 4) is 0 Å². The SMILES string of the molecule is CNC1(C)CCN(S(=O)(=O)c2ccc(C)cc2Cl)CC1. The van der Waals surface area contributed by atoms with E-state index < -0.39 is 10.0 Å². The van der Waals surface area contributed by atoms with E-state index in [9.17, 15) is 8.42 Å². The van der Waals surface area contributed by atoms with E-state index >= 15 is 0 Å². The molecule has 20 heavy (non-hydrogen) atoms. The van der Waals surface area contributed by atoms with Crippen LogP contribution in [0, 0.1) is 6.92 Å². The van der Waals surface area contributed by atoms with Crippen LogP contribution in [-0.4, -0.2) is 38.4 Å². The number of halogens is 1. The van der Waals surface area contributed by atoms with E-state index in [4.69, 9.17) is 11.6 Å². The highest BCUT2D eigenvalue weighted by Crippen LogP contribution is 2.29. The van der Waals surface area contributed by atoms with Gasteiger partial charge in [-0.15, -0.1) is 0 Å². The summed E-state index contributed by atoms with van der Waals surface area (Å²) in [7, 11) is -1.58. The summed E-state index contributed by atoms with van der Waals surface area (Å²) >= 11 is 6.10. The molecule has 0 bridgehead atoms. The third-order valence-corrected chi connectivity index (χ3v) is 6.52. The standard InChI is InChI=1S/C14H21ClN2O2S/c1-11-4-5-13(12(15)10-11)20(18,19)17-8-6-14(2,16-3)7-9-17/h4-5,10,16H,6-9H2,1-3H3. The van der Waals surface area contributed by atoms with Crippen molar-refractivity contribution in [2.75, 3.05) is 20.1 Å². The molecule has 2 rings (SSSR count). The fraction of sp³-hybridized carbons (Fsp3) is 0.571. The number of hydrogen-bond donors (Lipinski definition) is 1.